The molecule has 3 nitrogen and oxygen atoms in total. The second-order valence-electron chi connectivity index (χ2n) is 3.89. The maximum Gasteiger partial charge on any atom is 0.309 e. The summed E-state index contributed by atoms with van der Waals surface area (Å²) in [4.78, 5) is 11.1. The fourth-order valence-corrected chi connectivity index (χ4v) is 2.92. The standard InChI is InChI=1S/C8H10O3/c9-6-3-1-4-5(2-3)8(10)11-7(4)6/h3-7,9H,1-2H2/t3-,4+,5+,6+,7-/m0/s1. The van der Waals surface area contributed by atoms with Crippen LogP contribution in [0.4, 0.5) is 0 Å². The van der Waals surface area contributed by atoms with Crippen molar-refractivity contribution in [2.75, 3.05) is 0 Å². The van der Waals surface area contributed by atoms with Crippen LogP contribution in [0.2, 0.25) is 0 Å². The first-order valence-corrected chi connectivity index (χ1v) is 4.16. The zero-order valence-corrected chi connectivity index (χ0v) is 6.06. The highest BCUT2D eigenvalue weighted by atomic mass is 16.6. The molecule has 11 heavy (non-hydrogen) atoms. The maximum atomic E-state index is 11.1. The lowest BCUT2D eigenvalue weighted by molar-refractivity contribution is -0.145. The summed E-state index contributed by atoms with van der Waals surface area (Å²) in [6, 6.07) is 0. The van der Waals surface area contributed by atoms with Crippen molar-refractivity contribution >= 4 is 5.97 Å². The van der Waals surface area contributed by atoms with Crippen molar-refractivity contribution in [1.29, 1.82) is 0 Å². The second kappa shape index (κ2) is 1.61. The lowest BCUT2D eigenvalue weighted by Crippen LogP contribution is -2.31. The number of esters is 1. The van der Waals surface area contributed by atoms with Crippen molar-refractivity contribution in [1.82, 2.24) is 0 Å². The summed E-state index contributed by atoms with van der Waals surface area (Å²) >= 11 is 0. The molecule has 3 fully saturated rings. The smallest absolute Gasteiger partial charge is 0.309 e. The van der Waals surface area contributed by atoms with E-state index in [1.54, 1.807) is 0 Å². The van der Waals surface area contributed by atoms with Crippen LogP contribution in [-0.2, 0) is 9.53 Å². The van der Waals surface area contributed by atoms with E-state index in [-0.39, 0.29) is 24.1 Å². The molecule has 0 unspecified atom stereocenters. The van der Waals surface area contributed by atoms with Crippen LogP contribution < -0.4 is 0 Å². The third kappa shape index (κ3) is 0.527. The largest absolute Gasteiger partial charge is 0.459 e. The first kappa shape index (κ1) is 6.00. The van der Waals surface area contributed by atoms with Gasteiger partial charge in [0.25, 0.3) is 0 Å². The summed E-state index contributed by atoms with van der Waals surface area (Å²) < 4.78 is 5.06. The quantitative estimate of drug-likeness (QED) is 0.497. The third-order valence-electron chi connectivity index (χ3n) is 3.44. The molecular formula is C8H10O3. The molecule has 60 valence electrons. The molecule has 2 saturated carbocycles. The van der Waals surface area contributed by atoms with Gasteiger partial charge < -0.3 is 9.84 Å². The Bertz CT molecular complexity index is 225. The lowest BCUT2D eigenvalue weighted by Gasteiger charge is -2.19. The van der Waals surface area contributed by atoms with Gasteiger partial charge in [-0.2, -0.15) is 0 Å². The van der Waals surface area contributed by atoms with Gasteiger partial charge in [-0.3, -0.25) is 4.79 Å². The van der Waals surface area contributed by atoms with E-state index in [0.717, 1.165) is 12.8 Å². The second-order valence-corrected chi connectivity index (χ2v) is 3.89. The monoisotopic (exact) mass is 154 g/mol. The van der Waals surface area contributed by atoms with Crippen LogP contribution in [0.5, 0.6) is 0 Å². The molecule has 3 rings (SSSR count). The van der Waals surface area contributed by atoms with E-state index >= 15 is 0 Å². The van der Waals surface area contributed by atoms with Crippen LogP contribution in [0.3, 0.4) is 0 Å². The minimum absolute atomic E-state index is 0.0703. The zero-order valence-electron chi connectivity index (χ0n) is 6.06. The highest BCUT2D eigenvalue weighted by Gasteiger charge is 2.61. The van der Waals surface area contributed by atoms with E-state index in [1.165, 1.54) is 0 Å². The van der Waals surface area contributed by atoms with Crippen LogP contribution in [0.25, 0.3) is 0 Å². The normalized spacial score (nSPS) is 58.6. The predicted molar refractivity (Wildman–Crippen MR) is 35.6 cm³/mol. The van der Waals surface area contributed by atoms with Crippen LogP contribution in [0, 0.1) is 17.8 Å². The fourth-order valence-electron chi connectivity index (χ4n) is 2.92. The summed E-state index contributed by atoms with van der Waals surface area (Å²) in [7, 11) is 0. The van der Waals surface area contributed by atoms with Crippen molar-refractivity contribution in [3.63, 3.8) is 0 Å². The molecule has 3 heteroatoms. The molecule has 0 aromatic rings. The van der Waals surface area contributed by atoms with Gasteiger partial charge in [-0.25, -0.2) is 0 Å². The summed E-state index contributed by atoms with van der Waals surface area (Å²) in [5.74, 6) is 0.761. The van der Waals surface area contributed by atoms with Crippen LogP contribution in [0.15, 0.2) is 0 Å². The van der Waals surface area contributed by atoms with Crippen molar-refractivity contribution in [2.45, 2.75) is 25.0 Å². The number of carbonyl (C=O) groups excluding carboxylic acids is 1. The Balaban J connectivity index is 2.04. The molecule has 1 saturated heterocycles. The maximum absolute atomic E-state index is 11.1. The molecule has 0 aromatic carbocycles. The Morgan fingerprint density at radius 3 is 2.91 bits per heavy atom. The highest BCUT2D eigenvalue weighted by Crippen LogP contribution is 2.54. The van der Waals surface area contributed by atoms with Crippen molar-refractivity contribution < 1.29 is 14.6 Å². The Morgan fingerprint density at radius 2 is 2.27 bits per heavy atom. The Morgan fingerprint density at radius 1 is 1.45 bits per heavy atom. The topological polar surface area (TPSA) is 46.5 Å². The lowest BCUT2D eigenvalue weighted by atomic mass is 9.88. The number of aliphatic hydroxyl groups is 1. The van der Waals surface area contributed by atoms with Gasteiger partial charge in [-0.1, -0.05) is 0 Å². The number of rotatable bonds is 0. The van der Waals surface area contributed by atoms with E-state index in [9.17, 15) is 9.90 Å². The van der Waals surface area contributed by atoms with Gasteiger partial charge in [0.2, 0.25) is 0 Å². The van der Waals surface area contributed by atoms with Gasteiger partial charge in [-0.15, -0.1) is 0 Å². The van der Waals surface area contributed by atoms with E-state index in [4.69, 9.17) is 4.74 Å². The molecule has 2 aliphatic carbocycles. The first-order chi connectivity index (χ1) is 5.27. The molecule has 2 bridgehead atoms. The van der Waals surface area contributed by atoms with Gasteiger partial charge >= 0.3 is 5.97 Å². The number of carbonyl (C=O) groups is 1. The predicted octanol–water partition coefficient (Wildman–Crippen LogP) is -0.0713. The molecule has 1 aliphatic heterocycles. The molecule has 0 spiro atoms. The van der Waals surface area contributed by atoms with Crippen LogP contribution in [0.1, 0.15) is 12.8 Å². The molecule has 0 amide bonds. The average Bonchev–Trinajstić information content (AvgIpc) is 2.53. The summed E-state index contributed by atoms with van der Waals surface area (Å²) in [6.07, 6.45) is 1.36. The Hall–Kier alpha value is -0.570. The summed E-state index contributed by atoms with van der Waals surface area (Å²) in [6.45, 7) is 0. The molecule has 0 radical (unpaired) electrons. The van der Waals surface area contributed by atoms with E-state index in [1.807, 2.05) is 0 Å². The highest BCUT2D eigenvalue weighted by molar-refractivity contribution is 5.76. The Labute approximate surface area is 64.3 Å². The van der Waals surface area contributed by atoms with Gasteiger partial charge in [0.05, 0.1) is 12.0 Å². The number of fused-ring (bicyclic) bond motifs is 1. The number of aliphatic hydroxyl groups excluding tert-OH is 1. The summed E-state index contributed by atoms with van der Waals surface area (Å²) in [5.41, 5.74) is 0. The van der Waals surface area contributed by atoms with Gasteiger partial charge in [-0.05, 0) is 18.8 Å². The minimum Gasteiger partial charge on any atom is -0.459 e. The van der Waals surface area contributed by atoms with Crippen LogP contribution in [-0.4, -0.2) is 23.3 Å². The zero-order chi connectivity index (χ0) is 7.59. The SMILES string of the molecule is O=C1O[C@@H]2[C@H](O)[C@H]3C[C@@H]2[C@H]1C3. The van der Waals surface area contributed by atoms with Gasteiger partial charge in [0.1, 0.15) is 6.10 Å². The molecule has 5 atom stereocenters. The number of ether oxygens (including phenoxy) is 1. The van der Waals surface area contributed by atoms with Crippen molar-refractivity contribution in [2.24, 2.45) is 17.8 Å². The fraction of sp³-hybridized carbons (Fsp3) is 0.875. The molecule has 3 aliphatic rings. The number of hydrogen-bond donors (Lipinski definition) is 1. The molecular weight excluding hydrogens is 144 g/mol. The van der Waals surface area contributed by atoms with Gasteiger partial charge in [0, 0.05) is 5.92 Å². The van der Waals surface area contributed by atoms with Gasteiger partial charge in [0.15, 0.2) is 0 Å². The first-order valence-electron chi connectivity index (χ1n) is 4.16. The Kier molecular flexibility index (Phi) is 0.876. The van der Waals surface area contributed by atoms with Crippen LogP contribution >= 0.6 is 0 Å². The minimum atomic E-state index is -0.359. The van der Waals surface area contributed by atoms with E-state index in [0.29, 0.717) is 11.8 Å². The summed E-state index contributed by atoms with van der Waals surface area (Å²) in [5, 5.41) is 9.55. The number of hydrogen-bond acceptors (Lipinski definition) is 3. The van der Waals surface area contributed by atoms with E-state index < -0.39 is 0 Å². The average molecular weight is 154 g/mol. The van der Waals surface area contributed by atoms with Crippen molar-refractivity contribution in [3.8, 4) is 0 Å². The molecule has 1 heterocycles. The molecule has 0 aromatic heterocycles. The van der Waals surface area contributed by atoms with E-state index in [2.05, 4.69) is 0 Å². The van der Waals surface area contributed by atoms with Crippen molar-refractivity contribution in [3.05, 3.63) is 0 Å². The third-order valence-corrected chi connectivity index (χ3v) is 3.44. The molecule has 1 N–H and O–H groups in total.